The molecule has 2 heterocycles. The summed E-state index contributed by atoms with van der Waals surface area (Å²) in [5.74, 6) is -0.873. The second kappa shape index (κ2) is 9.70. The first kappa shape index (κ1) is 24.3. The molecule has 1 aliphatic rings. The highest BCUT2D eigenvalue weighted by atomic mass is 79.9. The van der Waals surface area contributed by atoms with Crippen LogP contribution < -0.4 is 19.8 Å². The SMILES string of the molecule is O=C(Oc1ccc2c(=O)c(Oc3ccccc3Br)coc2c1)c1ccc(N2C(=O)c3ccccc3C2=O)cc1. The highest BCUT2D eigenvalue weighted by molar-refractivity contribution is 9.10. The molecule has 0 aliphatic carbocycles. The number of benzene rings is 4. The van der Waals surface area contributed by atoms with E-state index in [0.717, 1.165) is 4.90 Å². The molecule has 0 atom stereocenters. The number of esters is 1. The van der Waals surface area contributed by atoms with Gasteiger partial charge in [-0.3, -0.25) is 14.4 Å². The zero-order valence-electron chi connectivity index (χ0n) is 19.9. The average molecular weight is 582 g/mol. The zero-order valence-corrected chi connectivity index (χ0v) is 21.5. The first-order chi connectivity index (χ1) is 18.9. The van der Waals surface area contributed by atoms with E-state index in [9.17, 15) is 19.2 Å². The number of anilines is 1. The van der Waals surface area contributed by atoms with Crippen LogP contribution in [-0.2, 0) is 0 Å². The number of carbonyl (C=O) groups is 3. The number of nitrogens with zero attached hydrogens (tertiary/aromatic N) is 1. The summed E-state index contributed by atoms with van der Waals surface area (Å²) in [4.78, 5) is 52.1. The Bertz CT molecular complexity index is 1830. The van der Waals surface area contributed by atoms with E-state index in [-0.39, 0.29) is 33.5 Å². The van der Waals surface area contributed by atoms with Crippen LogP contribution >= 0.6 is 15.9 Å². The van der Waals surface area contributed by atoms with Gasteiger partial charge in [-0.25, -0.2) is 9.69 Å². The second-order valence-electron chi connectivity index (χ2n) is 8.55. The van der Waals surface area contributed by atoms with Crippen LogP contribution in [0.3, 0.4) is 0 Å². The van der Waals surface area contributed by atoms with Crippen molar-refractivity contribution in [1.82, 2.24) is 0 Å². The Morgan fingerprint density at radius 3 is 2.13 bits per heavy atom. The number of ether oxygens (including phenoxy) is 2. The fourth-order valence-corrected chi connectivity index (χ4v) is 4.57. The smallest absolute Gasteiger partial charge is 0.343 e. The molecule has 0 radical (unpaired) electrons. The van der Waals surface area contributed by atoms with Crippen LogP contribution in [0.4, 0.5) is 5.69 Å². The van der Waals surface area contributed by atoms with Gasteiger partial charge in [0, 0.05) is 6.07 Å². The molecule has 0 fully saturated rings. The van der Waals surface area contributed by atoms with Crippen LogP contribution in [-0.4, -0.2) is 17.8 Å². The summed E-state index contributed by atoms with van der Waals surface area (Å²) in [6.45, 7) is 0. The number of hydrogen-bond donors (Lipinski definition) is 0. The normalized spacial score (nSPS) is 12.5. The van der Waals surface area contributed by atoms with Crippen LogP contribution in [0.5, 0.6) is 17.2 Å². The van der Waals surface area contributed by atoms with E-state index >= 15 is 0 Å². The van der Waals surface area contributed by atoms with Gasteiger partial charge in [0.15, 0.2) is 0 Å². The van der Waals surface area contributed by atoms with Crippen molar-refractivity contribution in [1.29, 1.82) is 0 Å². The third kappa shape index (κ3) is 4.38. The van der Waals surface area contributed by atoms with Gasteiger partial charge in [-0.1, -0.05) is 24.3 Å². The number of hydrogen-bond acceptors (Lipinski definition) is 7. The third-order valence-corrected chi connectivity index (χ3v) is 6.79. The van der Waals surface area contributed by atoms with Gasteiger partial charge in [0.1, 0.15) is 23.3 Å². The molecule has 0 spiro atoms. The topological polar surface area (TPSA) is 103 Å². The quantitative estimate of drug-likeness (QED) is 0.135. The Morgan fingerprint density at radius 2 is 1.44 bits per heavy atom. The summed E-state index contributed by atoms with van der Waals surface area (Å²) in [6.07, 6.45) is 1.20. The molecule has 8 nitrogen and oxygen atoms in total. The number of para-hydroxylation sites is 1. The number of fused-ring (bicyclic) bond motifs is 2. The van der Waals surface area contributed by atoms with Crippen LogP contribution in [0.15, 0.2) is 111 Å². The van der Waals surface area contributed by atoms with Crippen LogP contribution in [0, 0.1) is 0 Å². The van der Waals surface area contributed by atoms with Crippen molar-refractivity contribution < 1.29 is 28.3 Å². The van der Waals surface area contributed by atoms with Gasteiger partial charge in [-0.2, -0.15) is 0 Å². The zero-order chi connectivity index (χ0) is 27.1. The number of amides is 2. The molecule has 0 N–H and O–H groups in total. The molecule has 1 aromatic heterocycles. The predicted octanol–water partition coefficient (Wildman–Crippen LogP) is 6.37. The van der Waals surface area contributed by atoms with Gasteiger partial charge < -0.3 is 13.9 Å². The van der Waals surface area contributed by atoms with Gasteiger partial charge in [0.05, 0.1) is 32.2 Å². The molecule has 1 aliphatic heterocycles. The van der Waals surface area contributed by atoms with Crippen molar-refractivity contribution in [2.75, 3.05) is 4.90 Å². The van der Waals surface area contributed by atoms with Crippen LogP contribution in [0.25, 0.3) is 11.0 Å². The molecule has 190 valence electrons. The fraction of sp³-hybridized carbons (Fsp3) is 0. The minimum Gasteiger partial charge on any atom is -0.460 e. The average Bonchev–Trinajstić information content (AvgIpc) is 3.21. The molecular formula is C30H16BrNO7. The van der Waals surface area contributed by atoms with Gasteiger partial charge >= 0.3 is 5.97 Å². The maximum absolute atomic E-state index is 12.9. The lowest BCUT2D eigenvalue weighted by atomic mass is 10.1. The van der Waals surface area contributed by atoms with Gasteiger partial charge in [0.2, 0.25) is 11.2 Å². The lowest BCUT2D eigenvalue weighted by Crippen LogP contribution is -2.29. The number of rotatable bonds is 5. The Labute approximate surface area is 229 Å². The molecule has 4 aromatic carbocycles. The molecule has 39 heavy (non-hydrogen) atoms. The summed E-state index contributed by atoms with van der Waals surface area (Å²) in [5, 5.41) is 0.254. The molecule has 5 aromatic rings. The standard InChI is InChI=1S/C30H16BrNO7/c31-23-7-3-4-8-24(23)39-26-16-37-25-15-19(13-14-22(25)27(26)33)38-30(36)17-9-11-18(12-10-17)32-28(34)20-5-1-2-6-21(20)29(32)35/h1-16H. The molecule has 0 bridgehead atoms. The molecule has 0 saturated carbocycles. The largest absolute Gasteiger partial charge is 0.460 e. The summed E-state index contributed by atoms with van der Waals surface area (Å²) >= 11 is 3.37. The van der Waals surface area contributed by atoms with Crippen molar-refractivity contribution in [3.8, 4) is 17.2 Å². The minimum absolute atomic E-state index is 0.0114. The van der Waals surface area contributed by atoms with Gasteiger partial charge in [-0.05, 0) is 76.6 Å². The Morgan fingerprint density at radius 1 is 0.769 bits per heavy atom. The Hall–Kier alpha value is -5.02. The maximum Gasteiger partial charge on any atom is 0.343 e. The molecule has 0 unspecified atom stereocenters. The summed E-state index contributed by atoms with van der Waals surface area (Å²) < 4.78 is 17.4. The summed E-state index contributed by atoms with van der Waals surface area (Å²) in [7, 11) is 0. The molecule has 9 heteroatoms. The number of imide groups is 1. The monoisotopic (exact) mass is 581 g/mol. The molecule has 2 amide bonds. The van der Waals surface area contributed by atoms with Crippen molar-refractivity contribution in [2.45, 2.75) is 0 Å². The van der Waals surface area contributed by atoms with E-state index in [1.54, 1.807) is 42.5 Å². The van der Waals surface area contributed by atoms with E-state index in [1.165, 1.54) is 48.7 Å². The second-order valence-corrected chi connectivity index (χ2v) is 9.40. The molecule has 0 saturated heterocycles. The molecular weight excluding hydrogens is 566 g/mol. The van der Waals surface area contributed by atoms with E-state index in [1.807, 2.05) is 6.07 Å². The van der Waals surface area contributed by atoms with E-state index in [4.69, 9.17) is 13.9 Å². The lowest BCUT2D eigenvalue weighted by Gasteiger charge is -2.14. The first-order valence-corrected chi connectivity index (χ1v) is 12.5. The van der Waals surface area contributed by atoms with Crippen LogP contribution in [0.1, 0.15) is 31.1 Å². The highest BCUT2D eigenvalue weighted by Gasteiger charge is 2.36. The first-order valence-electron chi connectivity index (χ1n) is 11.7. The van der Waals surface area contributed by atoms with Crippen molar-refractivity contribution in [3.05, 3.63) is 129 Å². The highest BCUT2D eigenvalue weighted by Crippen LogP contribution is 2.30. The summed E-state index contributed by atoms with van der Waals surface area (Å²) in [5.41, 5.74) is 1.04. The summed E-state index contributed by atoms with van der Waals surface area (Å²) in [6, 6.07) is 24.0. The van der Waals surface area contributed by atoms with Crippen molar-refractivity contribution >= 4 is 50.4 Å². The lowest BCUT2D eigenvalue weighted by molar-refractivity contribution is 0.0734. The Kier molecular flexibility index (Phi) is 6.05. The minimum atomic E-state index is -0.667. The Balaban J connectivity index is 1.19. The van der Waals surface area contributed by atoms with E-state index in [2.05, 4.69) is 15.9 Å². The maximum atomic E-state index is 12.9. The number of carbonyl (C=O) groups excluding carboxylic acids is 3. The fourth-order valence-electron chi connectivity index (χ4n) is 4.21. The molecule has 6 rings (SSSR count). The van der Waals surface area contributed by atoms with Crippen LogP contribution in [0.2, 0.25) is 0 Å². The van der Waals surface area contributed by atoms with Crippen molar-refractivity contribution in [2.24, 2.45) is 0 Å². The van der Waals surface area contributed by atoms with Crippen molar-refractivity contribution in [3.63, 3.8) is 0 Å². The third-order valence-electron chi connectivity index (χ3n) is 6.14. The number of halogens is 1. The predicted molar refractivity (Wildman–Crippen MR) is 146 cm³/mol. The van der Waals surface area contributed by atoms with Gasteiger partial charge in [0.25, 0.3) is 11.8 Å². The van der Waals surface area contributed by atoms with E-state index < -0.39 is 17.8 Å². The van der Waals surface area contributed by atoms with Gasteiger partial charge in [-0.15, -0.1) is 0 Å². The van der Waals surface area contributed by atoms with E-state index in [0.29, 0.717) is 27.0 Å².